The smallest absolute Gasteiger partial charge is 0.870 e. The molecule has 0 heterocycles. The predicted octanol–water partition coefficient (Wildman–Crippen LogP) is -7.82. The average molecular weight is 226 g/mol. The molecule has 0 aliphatic rings. The average Bonchev–Trinajstić information content (AvgIpc) is 1.12. The van der Waals surface area contributed by atoms with Gasteiger partial charge in [0.25, 0.3) is 0 Å². The van der Waals surface area contributed by atoms with Gasteiger partial charge in [0.05, 0.1) is 0 Å². The minimum absolute atomic E-state index is 0. The van der Waals surface area contributed by atoms with Gasteiger partial charge < -0.3 is 10.0 Å². The minimum atomic E-state index is -4.92. The van der Waals surface area contributed by atoms with E-state index in [-0.39, 0.29) is 43.2 Å². The van der Waals surface area contributed by atoms with Crippen LogP contribution < -0.4 is 37.7 Å². The van der Waals surface area contributed by atoms with Crippen molar-refractivity contribution in [2.24, 2.45) is 0 Å². The van der Waals surface area contributed by atoms with Crippen molar-refractivity contribution >= 4 is 20.8 Å². The first-order chi connectivity index (χ1) is 4.00. The molecule has 0 bridgehead atoms. The fourth-order valence-corrected chi connectivity index (χ4v) is 0. The molecule has 0 aromatic heterocycles. The Bertz CT molecular complexity index is 212. The van der Waals surface area contributed by atoms with Gasteiger partial charge in [0.1, 0.15) is 0 Å². The Morgan fingerprint density at radius 2 is 0.846 bits per heavy atom. The van der Waals surface area contributed by atoms with E-state index in [1.54, 1.807) is 0 Å². The summed E-state index contributed by atoms with van der Waals surface area (Å²) in [6.07, 6.45) is 0. The molecular formula is H4Li2O9S2. The summed E-state index contributed by atoms with van der Waals surface area (Å²) in [6, 6.07) is 0. The summed E-state index contributed by atoms with van der Waals surface area (Å²) in [6.45, 7) is 0. The second kappa shape index (κ2) is 11.0. The molecule has 0 fully saturated rings. The molecular weight excluding hydrogens is 222 g/mol. The van der Waals surface area contributed by atoms with Gasteiger partial charge in [-0.1, -0.05) is 0 Å². The zero-order valence-electron chi connectivity index (χ0n) is 6.65. The fourth-order valence-electron chi connectivity index (χ4n) is 0. The van der Waals surface area contributed by atoms with E-state index in [1.807, 2.05) is 0 Å². The van der Waals surface area contributed by atoms with E-state index < -0.39 is 20.8 Å². The molecule has 0 saturated heterocycles. The first-order valence-corrected chi connectivity index (χ1v) is 4.14. The Hall–Kier alpha value is 0.895. The Morgan fingerprint density at radius 1 is 0.846 bits per heavy atom. The summed E-state index contributed by atoms with van der Waals surface area (Å²) >= 11 is 0. The summed E-state index contributed by atoms with van der Waals surface area (Å²) in [5.74, 6) is 0. The molecule has 0 radical (unpaired) electrons. The summed E-state index contributed by atoms with van der Waals surface area (Å²) in [5, 5.41) is 0. The van der Waals surface area contributed by atoms with Crippen LogP contribution in [0.25, 0.3) is 0 Å². The van der Waals surface area contributed by atoms with Gasteiger partial charge in [-0.15, -0.1) is 0 Å². The van der Waals surface area contributed by atoms with E-state index in [1.165, 1.54) is 0 Å². The van der Waals surface area contributed by atoms with Crippen LogP contribution in [0.5, 0.6) is 0 Å². The molecule has 0 aliphatic heterocycles. The third kappa shape index (κ3) is 1910. The SMILES string of the molecule is O=S(=O)(O)O.O=S(=O)([O-])O.[Li+].[Li+].[OH-]. The summed E-state index contributed by atoms with van der Waals surface area (Å²) in [5.41, 5.74) is 0. The Balaban J connectivity index is -0.0000000267. The zero-order valence-corrected chi connectivity index (χ0v) is 8.28. The first kappa shape index (κ1) is 29.2. The summed E-state index contributed by atoms with van der Waals surface area (Å²) in [7, 11) is -9.58. The molecule has 13 heteroatoms. The third-order valence-corrected chi connectivity index (χ3v) is 0. The van der Waals surface area contributed by atoms with Gasteiger partial charge in [-0.2, -0.15) is 8.42 Å². The van der Waals surface area contributed by atoms with Gasteiger partial charge in [0.15, 0.2) is 0 Å². The Morgan fingerprint density at radius 3 is 0.846 bits per heavy atom. The summed E-state index contributed by atoms with van der Waals surface area (Å²) < 4.78 is 64.4. The molecule has 72 valence electrons. The van der Waals surface area contributed by atoms with Crippen molar-refractivity contribution in [3.8, 4) is 0 Å². The maximum absolute atomic E-state index is 8.74. The molecule has 0 unspecified atom stereocenters. The first-order valence-electron chi connectivity index (χ1n) is 1.38. The van der Waals surface area contributed by atoms with E-state index in [4.69, 9.17) is 35.0 Å². The van der Waals surface area contributed by atoms with Crippen LogP contribution >= 0.6 is 0 Å². The van der Waals surface area contributed by atoms with E-state index in [0.29, 0.717) is 0 Å². The van der Waals surface area contributed by atoms with Crippen LogP contribution in [0.4, 0.5) is 0 Å². The monoisotopic (exact) mass is 226 g/mol. The van der Waals surface area contributed by atoms with Gasteiger partial charge in [0.2, 0.25) is 10.4 Å². The topological polar surface area (TPSA) is 182 Å². The number of hydrogen-bond acceptors (Lipinski definition) is 6. The molecule has 0 atom stereocenters. The maximum Gasteiger partial charge on any atom is 1.00 e. The molecule has 4 N–H and O–H groups in total. The molecule has 0 aromatic rings. The second-order valence-corrected chi connectivity index (χ2v) is 2.63. The van der Waals surface area contributed by atoms with Crippen molar-refractivity contribution in [3.05, 3.63) is 0 Å². The predicted molar refractivity (Wildman–Crippen MR) is 28.4 cm³/mol. The van der Waals surface area contributed by atoms with Crippen molar-refractivity contribution in [2.45, 2.75) is 0 Å². The van der Waals surface area contributed by atoms with Crippen LogP contribution in [-0.4, -0.2) is 40.5 Å². The van der Waals surface area contributed by atoms with Crippen molar-refractivity contribution in [3.63, 3.8) is 0 Å². The van der Waals surface area contributed by atoms with Crippen molar-refractivity contribution < 1.29 is 78.2 Å². The van der Waals surface area contributed by atoms with Gasteiger partial charge in [-0.25, -0.2) is 8.42 Å². The molecule has 0 aliphatic carbocycles. The molecule has 0 amide bonds. The maximum atomic E-state index is 8.74. The van der Waals surface area contributed by atoms with E-state index in [2.05, 4.69) is 0 Å². The van der Waals surface area contributed by atoms with Crippen molar-refractivity contribution in [1.29, 1.82) is 0 Å². The van der Waals surface area contributed by atoms with Crippen molar-refractivity contribution in [1.82, 2.24) is 0 Å². The van der Waals surface area contributed by atoms with Gasteiger partial charge in [-0.3, -0.25) is 13.7 Å². The second-order valence-electron chi connectivity index (χ2n) is 0.876. The van der Waals surface area contributed by atoms with Crippen molar-refractivity contribution in [2.75, 3.05) is 0 Å². The summed E-state index contributed by atoms with van der Waals surface area (Å²) in [4.78, 5) is 0. The molecule has 13 heavy (non-hydrogen) atoms. The van der Waals surface area contributed by atoms with Gasteiger partial charge in [-0.05, 0) is 0 Å². The van der Waals surface area contributed by atoms with Crippen LogP contribution in [-0.2, 0) is 20.8 Å². The van der Waals surface area contributed by atoms with Crippen LogP contribution in [0.2, 0.25) is 0 Å². The van der Waals surface area contributed by atoms with Crippen LogP contribution in [0, 0.1) is 0 Å². The molecule has 0 aromatic carbocycles. The molecule has 0 spiro atoms. The third-order valence-electron chi connectivity index (χ3n) is 0. The standard InChI is InChI=1S/2Li.2H2O4S.H2O/c;;2*1-5(2,3)4;/h;;2*(H2,1,2,3,4);1H2/q2*+1;;;/p-2. The Labute approximate surface area is 98.7 Å². The zero-order chi connectivity index (χ0) is 9.00. The van der Waals surface area contributed by atoms with E-state index >= 15 is 0 Å². The van der Waals surface area contributed by atoms with E-state index in [0.717, 1.165) is 0 Å². The van der Waals surface area contributed by atoms with E-state index in [9.17, 15) is 0 Å². The molecule has 0 saturated carbocycles. The molecule has 9 nitrogen and oxygen atoms in total. The van der Waals surface area contributed by atoms with Gasteiger partial charge >= 0.3 is 48.1 Å². The molecule has 0 rings (SSSR count). The Kier molecular flexibility index (Phi) is 24.6. The largest absolute Gasteiger partial charge is 1.00 e. The van der Waals surface area contributed by atoms with Crippen LogP contribution in [0.15, 0.2) is 0 Å². The number of rotatable bonds is 0. The van der Waals surface area contributed by atoms with Crippen LogP contribution in [0.3, 0.4) is 0 Å². The quantitative estimate of drug-likeness (QED) is 0.205. The van der Waals surface area contributed by atoms with Gasteiger partial charge in [0, 0.05) is 0 Å². The minimum Gasteiger partial charge on any atom is -0.870 e. The van der Waals surface area contributed by atoms with Crippen LogP contribution in [0.1, 0.15) is 0 Å². The number of hydrogen-bond donors (Lipinski definition) is 3. The fraction of sp³-hybridized carbons (Fsp3) is 0. The normalized spacial score (nSPS) is 8.92.